The summed E-state index contributed by atoms with van der Waals surface area (Å²) in [6.07, 6.45) is -2.84. The van der Waals surface area contributed by atoms with Crippen molar-refractivity contribution in [2.75, 3.05) is 0 Å². The molecule has 0 amide bonds. The van der Waals surface area contributed by atoms with Gasteiger partial charge in [-0.1, -0.05) is 0 Å². The van der Waals surface area contributed by atoms with Crippen molar-refractivity contribution in [2.24, 2.45) is 0 Å². The normalized spacial score (nSPS) is 12.5. The van der Waals surface area contributed by atoms with E-state index in [4.69, 9.17) is 10.7 Å². The molecule has 2 aromatic rings. The molecule has 16 heavy (non-hydrogen) atoms. The number of hydrogen-bond acceptors (Lipinski definition) is 4. The minimum absolute atomic E-state index is 0.0444. The van der Waals surface area contributed by atoms with Crippen molar-refractivity contribution in [1.82, 2.24) is 4.98 Å². The second-order valence-corrected chi connectivity index (χ2v) is 5.49. The molecule has 86 valence electrons. The molecule has 2 rings (SSSR count). The van der Waals surface area contributed by atoms with Gasteiger partial charge < -0.3 is 4.42 Å². The Morgan fingerprint density at radius 2 is 2.06 bits per heavy atom. The molecule has 0 N–H and O–H groups in total. The first-order valence-electron chi connectivity index (χ1n) is 4.01. The fourth-order valence-electron chi connectivity index (χ4n) is 1.17. The van der Waals surface area contributed by atoms with Crippen molar-refractivity contribution in [3.05, 3.63) is 24.1 Å². The van der Waals surface area contributed by atoms with Gasteiger partial charge in [-0.15, -0.1) is 0 Å². The lowest BCUT2D eigenvalue weighted by Crippen LogP contribution is -1.88. The number of aromatic nitrogens is 1. The Labute approximate surface area is 93.3 Å². The van der Waals surface area contributed by atoms with Gasteiger partial charge in [-0.2, -0.15) is 8.78 Å². The predicted octanol–water partition coefficient (Wildman–Crippen LogP) is 2.69. The zero-order valence-electron chi connectivity index (χ0n) is 7.52. The highest BCUT2D eigenvalue weighted by Crippen LogP contribution is 2.26. The van der Waals surface area contributed by atoms with E-state index in [1.54, 1.807) is 0 Å². The average molecular weight is 268 g/mol. The SMILES string of the molecule is O=S(=O)(Cl)c1ccc2nc(C(F)F)oc2c1. The molecular formula is C8H4ClF2NO3S. The van der Waals surface area contributed by atoms with Gasteiger partial charge in [-0.05, 0) is 12.1 Å². The minimum Gasteiger partial charge on any atom is -0.435 e. The van der Waals surface area contributed by atoms with Gasteiger partial charge in [0.1, 0.15) is 5.52 Å². The number of fused-ring (bicyclic) bond motifs is 1. The van der Waals surface area contributed by atoms with E-state index in [0.717, 1.165) is 6.07 Å². The third-order valence-electron chi connectivity index (χ3n) is 1.84. The lowest BCUT2D eigenvalue weighted by molar-refractivity contribution is 0.117. The molecule has 8 heteroatoms. The van der Waals surface area contributed by atoms with E-state index in [-0.39, 0.29) is 16.0 Å². The van der Waals surface area contributed by atoms with Crippen LogP contribution < -0.4 is 0 Å². The molecule has 0 aliphatic heterocycles. The fourth-order valence-corrected chi connectivity index (χ4v) is 1.93. The molecule has 0 fully saturated rings. The molecule has 0 radical (unpaired) electrons. The van der Waals surface area contributed by atoms with Crippen LogP contribution in [0.4, 0.5) is 8.78 Å². The van der Waals surface area contributed by atoms with Crippen LogP contribution in [0.5, 0.6) is 0 Å². The monoisotopic (exact) mass is 267 g/mol. The van der Waals surface area contributed by atoms with E-state index in [1.807, 2.05) is 0 Å². The van der Waals surface area contributed by atoms with Gasteiger partial charge in [0.05, 0.1) is 4.90 Å². The highest BCUT2D eigenvalue weighted by molar-refractivity contribution is 8.13. The molecule has 4 nitrogen and oxygen atoms in total. The highest BCUT2D eigenvalue weighted by Gasteiger charge is 2.17. The first-order chi connectivity index (χ1) is 7.38. The zero-order chi connectivity index (χ0) is 11.9. The molecule has 0 saturated carbocycles. The molecule has 0 spiro atoms. The van der Waals surface area contributed by atoms with E-state index in [0.29, 0.717) is 0 Å². The number of hydrogen-bond donors (Lipinski definition) is 0. The predicted molar refractivity (Wildman–Crippen MR) is 52.0 cm³/mol. The summed E-state index contributed by atoms with van der Waals surface area (Å²) in [6.45, 7) is 0. The lowest BCUT2D eigenvalue weighted by atomic mass is 10.3. The summed E-state index contributed by atoms with van der Waals surface area (Å²) >= 11 is 0. The smallest absolute Gasteiger partial charge is 0.313 e. The first-order valence-corrected chi connectivity index (χ1v) is 6.32. The number of rotatable bonds is 2. The van der Waals surface area contributed by atoms with E-state index in [2.05, 4.69) is 9.40 Å². The number of oxazole rings is 1. The maximum atomic E-state index is 12.2. The topological polar surface area (TPSA) is 60.2 Å². The van der Waals surface area contributed by atoms with Crippen molar-refractivity contribution < 1.29 is 21.6 Å². The summed E-state index contributed by atoms with van der Waals surface area (Å²) in [5.74, 6) is -0.751. The number of halogens is 3. The Kier molecular flexibility index (Phi) is 2.59. The molecule has 0 aliphatic rings. The van der Waals surface area contributed by atoms with Gasteiger partial charge in [0, 0.05) is 16.7 Å². The van der Waals surface area contributed by atoms with E-state index < -0.39 is 21.4 Å². The van der Waals surface area contributed by atoms with Crippen LogP contribution in [0.25, 0.3) is 11.1 Å². The van der Waals surface area contributed by atoms with E-state index in [1.165, 1.54) is 12.1 Å². The Bertz CT molecular complexity index is 638. The van der Waals surface area contributed by atoms with Crippen LogP contribution in [-0.2, 0) is 9.05 Å². The first kappa shape index (κ1) is 11.3. The molecule has 1 aromatic carbocycles. The Morgan fingerprint density at radius 1 is 1.38 bits per heavy atom. The average Bonchev–Trinajstić information content (AvgIpc) is 2.58. The van der Waals surface area contributed by atoms with Crippen LogP contribution in [0, 0.1) is 0 Å². The molecule has 0 aliphatic carbocycles. The van der Waals surface area contributed by atoms with E-state index >= 15 is 0 Å². The van der Waals surface area contributed by atoms with Crippen molar-refractivity contribution in [3.63, 3.8) is 0 Å². The summed E-state index contributed by atoms with van der Waals surface area (Å²) in [7, 11) is 1.18. The summed E-state index contributed by atoms with van der Waals surface area (Å²) in [6, 6.07) is 3.47. The van der Waals surface area contributed by atoms with Gasteiger partial charge in [0.25, 0.3) is 14.9 Å². The van der Waals surface area contributed by atoms with Gasteiger partial charge in [0.15, 0.2) is 5.58 Å². The maximum absolute atomic E-state index is 12.2. The Balaban J connectivity index is 2.63. The Morgan fingerprint density at radius 3 is 2.62 bits per heavy atom. The van der Waals surface area contributed by atoms with Gasteiger partial charge in [-0.25, -0.2) is 13.4 Å². The van der Waals surface area contributed by atoms with Gasteiger partial charge in [-0.3, -0.25) is 0 Å². The molecule has 1 aromatic heterocycles. The van der Waals surface area contributed by atoms with Crippen LogP contribution in [0.3, 0.4) is 0 Å². The van der Waals surface area contributed by atoms with Gasteiger partial charge in [0.2, 0.25) is 0 Å². The number of benzene rings is 1. The molecule has 0 bridgehead atoms. The Hall–Kier alpha value is -1.21. The van der Waals surface area contributed by atoms with Crippen molar-refractivity contribution in [2.45, 2.75) is 11.3 Å². The third-order valence-corrected chi connectivity index (χ3v) is 3.20. The summed E-state index contributed by atoms with van der Waals surface area (Å²) in [4.78, 5) is 3.26. The van der Waals surface area contributed by atoms with Crippen LogP contribution in [-0.4, -0.2) is 13.4 Å². The summed E-state index contributed by atoms with van der Waals surface area (Å²) in [5, 5.41) is 0. The van der Waals surface area contributed by atoms with Crippen LogP contribution >= 0.6 is 10.7 Å². The molecule has 1 heterocycles. The second kappa shape index (κ2) is 3.67. The summed E-state index contributed by atoms with van der Waals surface area (Å²) < 4.78 is 51.1. The summed E-state index contributed by atoms with van der Waals surface area (Å²) in [5.41, 5.74) is 0.108. The van der Waals surface area contributed by atoms with E-state index in [9.17, 15) is 17.2 Å². The van der Waals surface area contributed by atoms with Gasteiger partial charge >= 0.3 is 6.43 Å². The molecular weight excluding hydrogens is 264 g/mol. The number of nitrogens with zero attached hydrogens (tertiary/aromatic N) is 1. The second-order valence-electron chi connectivity index (χ2n) is 2.92. The third kappa shape index (κ3) is 2.00. The zero-order valence-corrected chi connectivity index (χ0v) is 9.10. The highest BCUT2D eigenvalue weighted by atomic mass is 35.7. The molecule has 0 saturated heterocycles. The minimum atomic E-state index is -3.91. The standard InChI is InChI=1S/C8H4ClF2NO3S/c9-16(13,14)4-1-2-5-6(3-4)15-8(12-5)7(10)11/h1-3,7H. The quantitative estimate of drug-likeness (QED) is 0.785. The van der Waals surface area contributed by atoms with Crippen LogP contribution in [0.1, 0.15) is 12.3 Å². The molecule has 0 atom stereocenters. The van der Waals surface area contributed by atoms with Crippen LogP contribution in [0.2, 0.25) is 0 Å². The lowest BCUT2D eigenvalue weighted by Gasteiger charge is -1.93. The fraction of sp³-hybridized carbons (Fsp3) is 0.125. The van der Waals surface area contributed by atoms with Crippen molar-refractivity contribution in [3.8, 4) is 0 Å². The maximum Gasteiger partial charge on any atom is 0.313 e. The number of alkyl halides is 2. The molecule has 0 unspecified atom stereocenters. The van der Waals surface area contributed by atoms with Crippen LogP contribution in [0.15, 0.2) is 27.5 Å². The van der Waals surface area contributed by atoms with Crippen molar-refractivity contribution >= 4 is 30.8 Å². The largest absolute Gasteiger partial charge is 0.435 e. The van der Waals surface area contributed by atoms with Crippen molar-refractivity contribution in [1.29, 1.82) is 0 Å².